The van der Waals surface area contributed by atoms with Gasteiger partial charge in [-0.3, -0.25) is 19.8 Å². The van der Waals surface area contributed by atoms with E-state index in [0.717, 1.165) is 21.7 Å². The molecule has 2 amide bonds. The Bertz CT molecular complexity index is 1960. The zero-order valence-corrected chi connectivity index (χ0v) is 21.8. The van der Waals surface area contributed by atoms with Gasteiger partial charge in [-0.1, -0.05) is 60.7 Å². The summed E-state index contributed by atoms with van der Waals surface area (Å²) >= 11 is 5.41. The number of rotatable bonds is 4. The van der Waals surface area contributed by atoms with Gasteiger partial charge in [0.05, 0.1) is 5.69 Å². The van der Waals surface area contributed by atoms with Crippen molar-refractivity contribution >= 4 is 62.6 Å². The van der Waals surface area contributed by atoms with E-state index in [0.29, 0.717) is 34.1 Å². The number of ether oxygens (including phenoxy) is 1. The van der Waals surface area contributed by atoms with Crippen LogP contribution >= 0.6 is 12.2 Å². The second-order valence-corrected chi connectivity index (χ2v) is 9.74. The summed E-state index contributed by atoms with van der Waals surface area (Å²) in [6.07, 6.45) is 1.60. The number of anilines is 1. The first-order valence-corrected chi connectivity index (χ1v) is 13.0. The summed E-state index contributed by atoms with van der Waals surface area (Å²) in [7, 11) is 0. The first-order chi connectivity index (χ1) is 19.6. The summed E-state index contributed by atoms with van der Waals surface area (Å²) in [6, 6.07) is 34.0. The molecule has 1 fully saturated rings. The van der Waals surface area contributed by atoms with Crippen molar-refractivity contribution in [2.75, 3.05) is 4.90 Å². The molecule has 4 aromatic carbocycles. The van der Waals surface area contributed by atoms with Gasteiger partial charge in [-0.05, 0) is 77.6 Å². The molecule has 1 aliphatic carbocycles. The van der Waals surface area contributed by atoms with Crippen molar-refractivity contribution in [3.05, 3.63) is 120 Å². The largest absolute Gasteiger partial charge is 0.457 e. The van der Waals surface area contributed by atoms with E-state index < -0.39 is 11.8 Å². The maximum atomic E-state index is 13.8. The minimum absolute atomic E-state index is 0.0109. The van der Waals surface area contributed by atoms with Gasteiger partial charge in [0, 0.05) is 16.5 Å². The van der Waals surface area contributed by atoms with E-state index in [4.69, 9.17) is 21.4 Å². The molecule has 0 saturated carbocycles. The van der Waals surface area contributed by atoms with Crippen LogP contribution < -0.4 is 15.0 Å². The Labute approximate surface area is 234 Å². The third-order valence-corrected chi connectivity index (χ3v) is 7.18. The van der Waals surface area contributed by atoms with Crippen molar-refractivity contribution in [1.82, 2.24) is 5.32 Å². The molecule has 6 nitrogen and oxygen atoms in total. The average Bonchev–Trinajstić information content (AvgIpc) is 3.27. The highest BCUT2D eigenvalue weighted by atomic mass is 32.1. The number of thiocarbonyl (C=S) groups is 1. The third kappa shape index (κ3) is 4.00. The standard InChI is InChI=1S/C33H20N2O4S/c36-31-28(19-27-25-12-6-5-11-24(25)26-18-20-8-4-7-13-29(20)39-30(26)27)32(37)35(33(40)34-31)21-14-16-23(17-15-21)38-22-9-2-1-3-10-22/h1-19H,(H,34,36,40). The maximum absolute atomic E-state index is 13.8. The highest BCUT2D eigenvalue weighted by molar-refractivity contribution is 7.80. The maximum Gasteiger partial charge on any atom is 0.270 e. The topological polar surface area (TPSA) is 71.8 Å². The number of nitrogens with one attached hydrogen (secondary N) is 1. The SMILES string of the molecule is O=C1NC(=S)N(c2ccc(Oc3ccccc3)cc2)C(=O)C1=Cc1c2oc3ccccc3cc-2c2ccccc12. The molecule has 7 rings (SSSR count). The Morgan fingerprint density at radius 2 is 1.45 bits per heavy atom. The van der Waals surface area contributed by atoms with E-state index in [1.165, 1.54) is 4.90 Å². The number of hydrogen-bond donors (Lipinski definition) is 1. The van der Waals surface area contributed by atoms with Gasteiger partial charge in [-0.15, -0.1) is 0 Å². The first kappa shape index (κ1) is 23.8. The summed E-state index contributed by atoms with van der Waals surface area (Å²) in [5, 5.41) is 5.50. The van der Waals surface area contributed by atoms with Crippen molar-refractivity contribution in [3.8, 4) is 22.8 Å². The Balaban J connectivity index is 1.30. The lowest BCUT2D eigenvalue weighted by molar-refractivity contribution is -0.122. The number of amides is 2. The van der Waals surface area contributed by atoms with Crippen molar-refractivity contribution in [2.45, 2.75) is 0 Å². The summed E-state index contributed by atoms with van der Waals surface area (Å²) in [4.78, 5) is 28.2. The quantitative estimate of drug-likeness (QED) is 0.144. The van der Waals surface area contributed by atoms with Crippen molar-refractivity contribution in [2.24, 2.45) is 0 Å². The fourth-order valence-corrected chi connectivity index (χ4v) is 5.30. The van der Waals surface area contributed by atoms with Gasteiger partial charge in [0.15, 0.2) is 5.11 Å². The zero-order valence-electron chi connectivity index (χ0n) is 21.0. The summed E-state index contributed by atoms with van der Waals surface area (Å²) < 4.78 is 12.2. The molecule has 0 unspecified atom stereocenters. The van der Waals surface area contributed by atoms with E-state index in [1.54, 1.807) is 30.3 Å². The lowest BCUT2D eigenvalue weighted by Gasteiger charge is -2.29. The Morgan fingerprint density at radius 3 is 2.25 bits per heavy atom. The number of carbonyl (C=O) groups is 2. The molecule has 0 bridgehead atoms. The molecule has 7 heteroatoms. The Hall–Kier alpha value is -5.27. The molecule has 2 aliphatic heterocycles. The van der Waals surface area contributed by atoms with Crippen LogP contribution in [0, 0.1) is 0 Å². The van der Waals surface area contributed by atoms with Crippen LogP contribution in [-0.4, -0.2) is 16.9 Å². The zero-order chi connectivity index (χ0) is 27.2. The summed E-state index contributed by atoms with van der Waals surface area (Å²) in [5.41, 5.74) is 2.75. The van der Waals surface area contributed by atoms with Crippen molar-refractivity contribution in [3.63, 3.8) is 0 Å². The summed E-state index contributed by atoms with van der Waals surface area (Å²) in [6.45, 7) is 0. The van der Waals surface area contributed by atoms with Crippen LogP contribution in [0.1, 0.15) is 5.56 Å². The molecule has 1 N–H and O–H groups in total. The second-order valence-electron chi connectivity index (χ2n) is 9.35. The van der Waals surface area contributed by atoms with E-state index in [1.807, 2.05) is 78.9 Å². The highest BCUT2D eigenvalue weighted by Crippen LogP contribution is 2.42. The van der Waals surface area contributed by atoms with Crippen LogP contribution in [0.5, 0.6) is 11.5 Å². The normalized spacial score (nSPS) is 14.8. The molecule has 3 aliphatic rings. The molecular weight excluding hydrogens is 520 g/mol. The van der Waals surface area contributed by atoms with Gasteiger partial charge in [0.1, 0.15) is 28.4 Å². The van der Waals surface area contributed by atoms with Gasteiger partial charge in [-0.25, -0.2) is 0 Å². The predicted octanol–water partition coefficient (Wildman–Crippen LogP) is 7.31. The van der Waals surface area contributed by atoms with Gasteiger partial charge in [0.25, 0.3) is 11.8 Å². The van der Waals surface area contributed by atoms with Crippen molar-refractivity contribution in [1.29, 1.82) is 0 Å². The average molecular weight is 541 g/mol. The van der Waals surface area contributed by atoms with Crippen LogP contribution in [0.2, 0.25) is 0 Å². The van der Waals surface area contributed by atoms with Crippen LogP contribution in [0.3, 0.4) is 0 Å². The van der Waals surface area contributed by atoms with Gasteiger partial charge < -0.3 is 9.15 Å². The minimum atomic E-state index is -0.561. The number of fused-ring (bicyclic) bond motifs is 4. The number of para-hydroxylation sites is 2. The smallest absolute Gasteiger partial charge is 0.270 e. The van der Waals surface area contributed by atoms with E-state index >= 15 is 0 Å². The van der Waals surface area contributed by atoms with Crippen LogP contribution in [0.15, 0.2) is 119 Å². The third-order valence-electron chi connectivity index (χ3n) is 6.89. The molecule has 40 heavy (non-hydrogen) atoms. The fourth-order valence-electron chi connectivity index (χ4n) is 5.02. The van der Waals surface area contributed by atoms with Gasteiger partial charge in [-0.2, -0.15) is 0 Å². The second kappa shape index (κ2) is 9.48. The number of nitrogens with zero attached hydrogens (tertiary/aromatic N) is 1. The summed E-state index contributed by atoms with van der Waals surface area (Å²) in [5.74, 6) is 0.827. The first-order valence-electron chi connectivity index (χ1n) is 12.6. The van der Waals surface area contributed by atoms with Crippen LogP contribution in [0.4, 0.5) is 5.69 Å². The lowest BCUT2D eigenvalue weighted by atomic mass is 10.1. The molecule has 2 heterocycles. The Kier molecular flexibility index (Phi) is 5.65. The Morgan fingerprint density at radius 1 is 0.775 bits per heavy atom. The lowest BCUT2D eigenvalue weighted by Crippen LogP contribution is -2.54. The molecule has 0 aromatic heterocycles. The molecule has 0 radical (unpaired) electrons. The molecule has 4 aromatic rings. The molecule has 192 valence electrons. The van der Waals surface area contributed by atoms with Gasteiger partial charge >= 0.3 is 0 Å². The highest BCUT2D eigenvalue weighted by Gasteiger charge is 2.35. The molecular formula is C33H20N2O4S. The van der Waals surface area contributed by atoms with E-state index in [2.05, 4.69) is 11.4 Å². The monoisotopic (exact) mass is 540 g/mol. The number of hydrogen-bond acceptors (Lipinski definition) is 5. The molecule has 0 atom stereocenters. The fraction of sp³-hybridized carbons (Fsp3) is 0. The molecule has 0 spiro atoms. The van der Waals surface area contributed by atoms with Crippen molar-refractivity contribution < 1.29 is 18.7 Å². The van der Waals surface area contributed by atoms with E-state index in [9.17, 15) is 9.59 Å². The van der Waals surface area contributed by atoms with Crippen LogP contribution in [-0.2, 0) is 9.59 Å². The predicted molar refractivity (Wildman–Crippen MR) is 160 cm³/mol. The van der Waals surface area contributed by atoms with E-state index in [-0.39, 0.29) is 10.7 Å². The van der Waals surface area contributed by atoms with Gasteiger partial charge in [0.2, 0.25) is 0 Å². The number of benzene rings is 4. The number of carbonyl (C=O) groups excluding carboxylic acids is 2. The molecule has 1 saturated heterocycles. The van der Waals surface area contributed by atoms with Crippen LogP contribution in [0.25, 0.3) is 39.1 Å². The minimum Gasteiger partial charge on any atom is -0.457 e.